The van der Waals surface area contributed by atoms with Crippen LogP contribution >= 0.6 is 0 Å². The van der Waals surface area contributed by atoms with Gasteiger partial charge in [-0.2, -0.15) is 4.52 Å². The van der Waals surface area contributed by atoms with Crippen molar-refractivity contribution in [1.82, 2.24) is 29.6 Å². The van der Waals surface area contributed by atoms with Gasteiger partial charge in [0.25, 0.3) is 5.91 Å². The van der Waals surface area contributed by atoms with E-state index in [-0.39, 0.29) is 12.5 Å². The molecule has 0 unspecified atom stereocenters. The van der Waals surface area contributed by atoms with Crippen molar-refractivity contribution in [2.24, 2.45) is 0 Å². The molecule has 186 valence electrons. The second-order valence-corrected chi connectivity index (χ2v) is 9.20. The lowest BCUT2D eigenvalue weighted by Crippen LogP contribution is -2.37. The van der Waals surface area contributed by atoms with Crippen molar-refractivity contribution >= 4 is 11.6 Å². The van der Waals surface area contributed by atoms with E-state index >= 15 is 0 Å². The van der Waals surface area contributed by atoms with Crippen molar-refractivity contribution in [2.75, 3.05) is 40.1 Å². The zero-order valence-corrected chi connectivity index (χ0v) is 20.2. The lowest BCUT2D eigenvalue weighted by molar-refractivity contribution is -0.133. The number of aromatic nitrogens is 4. The van der Waals surface area contributed by atoms with Crippen molar-refractivity contribution < 1.29 is 19.0 Å². The number of ether oxygens (including phenoxy) is 3. The summed E-state index contributed by atoms with van der Waals surface area (Å²) in [5.41, 5.74) is 3.29. The minimum absolute atomic E-state index is 0.00541. The van der Waals surface area contributed by atoms with Crippen LogP contribution in [0.25, 0.3) is 5.65 Å². The molecule has 35 heavy (non-hydrogen) atoms. The van der Waals surface area contributed by atoms with Gasteiger partial charge < -0.3 is 24.0 Å². The van der Waals surface area contributed by atoms with Crippen molar-refractivity contribution in [3.63, 3.8) is 0 Å². The van der Waals surface area contributed by atoms with Crippen LogP contribution in [0.3, 0.4) is 0 Å². The number of hydrogen-bond acceptors (Lipinski definition) is 8. The van der Waals surface area contributed by atoms with E-state index in [9.17, 15) is 4.79 Å². The molecule has 0 atom stereocenters. The van der Waals surface area contributed by atoms with Gasteiger partial charge in [-0.3, -0.25) is 4.79 Å². The molecule has 0 spiro atoms. The van der Waals surface area contributed by atoms with Gasteiger partial charge in [0.1, 0.15) is 6.33 Å². The molecular weight excluding hydrogens is 448 g/mol. The summed E-state index contributed by atoms with van der Waals surface area (Å²) in [5, 5.41) is 12.0. The van der Waals surface area contributed by atoms with E-state index in [0.29, 0.717) is 18.3 Å². The fourth-order valence-corrected chi connectivity index (χ4v) is 4.63. The summed E-state index contributed by atoms with van der Waals surface area (Å²) in [7, 11) is 2.15. The van der Waals surface area contributed by atoms with Crippen LogP contribution in [0.15, 0.2) is 30.6 Å². The summed E-state index contributed by atoms with van der Waals surface area (Å²) in [6, 6.07) is 7.77. The molecule has 4 heterocycles. The summed E-state index contributed by atoms with van der Waals surface area (Å²) in [6.45, 7) is 3.60. The van der Waals surface area contributed by atoms with Gasteiger partial charge in [-0.1, -0.05) is 6.42 Å². The van der Waals surface area contributed by atoms with Gasteiger partial charge in [0.05, 0.1) is 0 Å². The highest BCUT2D eigenvalue weighted by Gasteiger charge is 2.19. The number of fused-ring (bicyclic) bond motifs is 3. The number of rotatable bonds is 3. The van der Waals surface area contributed by atoms with Gasteiger partial charge in [-0.25, -0.2) is 0 Å². The van der Waals surface area contributed by atoms with E-state index in [1.807, 2.05) is 4.90 Å². The molecule has 0 saturated carbocycles. The maximum atomic E-state index is 13.0. The van der Waals surface area contributed by atoms with Crippen LogP contribution in [-0.4, -0.2) is 75.6 Å². The molecule has 2 aliphatic heterocycles. The largest absolute Gasteiger partial charge is 0.467 e. The standard InChI is InChI=1S/C25H32N6O4/c1-29-10-5-6-12-30(25(32)16-33-24-9-8-23-27-26-17-31(23)28-24)11-4-2-3-7-19-13-21-22(35-18-34-21)14-20(19)15-29/h8-9,13-14,17H,2-7,10-12,15-16,18H2,1H3. The van der Waals surface area contributed by atoms with Crippen LogP contribution < -0.4 is 14.2 Å². The van der Waals surface area contributed by atoms with Crippen molar-refractivity contribution in [3.05, 3.63) is 41.7 Å². The first kappa shape index (κ1) is 23.3. The van der Waals surface area contributed by atoms with Gasteiger partial charge in [0.15, 0.2) is 23.8 Å². The predicted molar refractivity (Wildman–Crippen MR) is 129 cm³/mol. The predicted octanol–water partition coefficient (Wildman–Crippen LogP) is 2.70. The summed E-state index contributed by atoms with van der Waals surface area (Å²) in [6.07, 6.45) is 7.57. The molecular formula is C25H32N6O4. The molecule has 0 saturated heterocycles. The zero-order valence-electron chi connectivity index (χ0n) is 20.2. The molecule has 0 fully saturated rings. The molecule has 0 radical (unpaired) electrons. The van der Waals surface area contributed by atoms with E-state index in [4.69, 9.17) is 14.2 Å². The SMILES string of the molecule is CN1CCCCN(C(=O)COc2ccc3nncn3n2)CCCCCc2cc3c(cc2C1)OCO3. The Morgan fingerprint density at radius 3 is 2.63 bits per heavy atom. The number of hydrogen-bond donors (Lipinski definition) is 0. The van der Waals surface area contributed by atoms with Crippen molar-refractivity contribution in [3.8, 4) is 17.4 Å². The summed E-state index contributed by atoms with van der Waals surface area (Å²) < 4.78 is 18.4. The molecule has 0 N–H and O–H groups in total. The number of carbonyl (C=O) groups excluding carboxylic acids is 1. The number of nitrogens with zero attached hydrogens (tertiary/aromatic N) is 6. The third-order valence-corrected chi connectivity index (χ3v) is 6.56. The van der Waals surface area contributed by atoms with Gasteiger partial charge in [-0.15, -0.1) is 15.3 Å². The number of amides is 1. The third kappa shape index (κ3) is 5.82. The van der Waals surface area contributed by atoms with Crippen LogP contribution in [-0.2, 0) is 17.8 Å². The highest BCUT2D eigenvalue weighted by Crippen LogP contribution is 2.36. The molecule has 1 amide bonds. The average Bonchev–Trinajstić information content (AvgIpc) is 3.51. The lowest BCUT2D eigenvalue weighted by Gasteiger charge is -2.24. The zero-order chi connectivity index (χ0) is 24.0. The van der Waals surface area contributed by atoms with Gasteiger partial charge in [0, 0.05) is 25.7 Å². The monoisotopic (exact) mass is 480 g/mol. The Morgan fingerprint density at radius 1 is 1.00 bits per heavy atom. The highest BCUT2D eigenvalue weighted by molar-refractivity contribution is 5.77. The van der Waals surface area contributed by atoms with Crippen LogP contribution in [0.2, 0.25) is 0 Å². The Morgan fingerprint density at radius 2 is 1.77 bits per heavy atom. The first-order valence-electron chi connectivity index (χ1n) is 12.3. The second-order valence-electron chi connectivity index (χ2n) is 9.20. The minimum atomic E-state index is -0.0267. The maximum Gasteiger partial charge on any atom is 0.260 e. The Balaban J connectivity index is 1.19. The highest BCUT2D eigenvalue weighted by atomic mass is 16.7. The molecule has 5 rings (SSSR count). The van der Waals surface area contributed by atoms with Gasteiger partial charge >= 0.3 is 0 Å². The maximum absolute atomic E-state index is 13.0. The van der Waals surface area contributed by atoms with Crippen molar-refractivity contribution in [2.45, 2.75) is 45.1 Å². The molecule has 10 nitrogen and oxygen atoms in total. The van der Waals surface area contributed by atoms with E-state index in [0.717, 1.165) is 76.2 Å². The second kappa shape index (κ2) is 10.9. The van der Waals surface area contributed by atoms with Gasteiger partial charge in [0.2, 0.25) is 12.7 Å². The first-order chi connectivity index (χ1) is 17.2. The Hall–Kier alpha value is -3.40. The average molecular weight is 481 g/mol. The smallest absolute Gasteiger partial charge is 0.260 e. The third-order valence-electron chi connectivity index (χ3n) is 6.56. The van der Waals surface area contributed by atoms with E-state index in [2.05, 4.69) is 39.4 Å². The van der Waals surface area contributed by atoms with Crippen LogP contribution in [0, 0.1) is 0 Å². The van der Waals surface area contributed by atoms with Crippen LogP contribution in [0.1, 0.15) is 43.2 Å². The minimum Gasteiger partial charge on any atom is -0.467 e. The molecule has 0 aliphatic carbocycles. The Labute approximate surface area is 204 Å². The van der Waals surface area contributed by atoms with Gasteiger partial charge in [-0.05, 0) is 75.0 Å². The fourth-order valence-electron chi connectivity index (χ4n) is 4.63. The number of benzene rings is 1. The van der Waals surface area contributed by atoms with E-state index < -0.39 is 0 Å². The first-order valence-corrected chi connectivity index (χ1v) is 12.3. The molecule has 2 aliphatic rings. The molecule has 3 aromatic rings. The molecule has 2 aromatic heterocycles. The normalized spacial score (nSPS) is 17.7. The molecule has 10 heteroatoms. The Bertz CT molecular complexity index is 1170. The van der Waals surface area contributed by atoms with E-state index in [1.54, 1.807) is 12.1 Å². The van der Waals surface area contributed by atoms with E-state index in [1.165, 1.54) is 22.0 Å². The lowest BCUT2D eigenvalue weighted by atomic mass is 9.99. The Kier molecular flexibility index (Phi) is 7.27. The fraction of sp³-hybridized carbons (Fsp3) is 0.520. The topological polar surface area (TPSA) is 94.3 Å². The summed E-state index contributed by atoms with van der Waals surface area (Å²) >= 11 is 0. The van der Waals surface area contributed by atoms with Crippen LogP contribution in [0.4, 0.5) is 0 Å². The number of aryl methyl sites for hydroxylation is 1. The summed E-state index contributed by atoms with van der Waals surface area (Å²) in [5.74, 6) is 2.08. The summed E-state index contributed by atoms with van der Waals surface area (Å²) in [4.78, 5) is 17.2. The molecule has 1 aromatic carbocycles. The number of carbonyl (C=O) groups is 1. The molecule has 0 bridgehead atoms. The van der Waals surface area contributed by atoms with Crippen LogP contribution in [0.5, 0.6) is 17.4 Å². The quantitative estimate of drug-likeness (QED) is 0.565. The van der Waals surface area contributed by atoms with Crippen molar-refractivity contribution in [1.29, 1.82) is 0 Å².